The maximum absolute atomic E-state index is 4.58. The first-order valence-corrected chi connectivity index (χ1v) is 7.29. The third-order valence-corrected chi connectivity index (χ3v) is 4.75. The van der Waals surface area contributed by atoms with Crippen LogP contribution in [0.4, 0.5) is 5.13 Å². The summed E-state index contributed by atoms with van der Waals surface area (Å²) in [4.78, 5) is 8.36. The van der Waals surface area contributed by atoms with Gasteiger partial charge in [0, 0.05) is 30.2 Å². The van der Waals surface area contributed by atoms with E-state index in [1.54, 1.807) is 0 Å². The number of rotatable bonds is 3. The molecule has 2 heterocycles. The zero-order chi connectivity index (χ0) is 12.4. The second-order valence-corrected chi connectivity index (χ2v) is 6.45. The van der Waals surface area contributed by atoms with Crippen LogP contribution in [0.25, 0.3) is 0 Å². The molecule has 96 valence electrons. The van der Waals surface area contributed by atoms with Crippen molar-refractivity contribution in [3.63, 3.8) is 0 Å². The minimum atomic E-state index is 0.404. The van der Waals surface area contributed by atoms with E-state index in [1.807, 2.05) is 24.6 Å². The van der Waals surface area contributed by atoms with Crippen molar-refractivity contribution in [2.75, 3.05) is 25.0 Å². The molecule has 0 radical (unpaired) electrons. The fourth-order valence-electron chi connectivity index (χ4n) is 2.58. The summed E-state index contributed by atoms with van der Waals surface area (Å²) in [7, 11) is 2.00. The van der Waals surface area contributed by atoms with Crippen LogP contribution in [0.1, 0.15) is 38.1 Å². The van der Waals surface area contributed by atoms with E-state index >= 15 is 0 Å². The normalized spacial score (nSPS) is 27.2. The smallest absolute Gasteiger partial charge is 0.185 e. The Balaban J connectivity index is 2.09. The largest absolute Gasteiger partial charge is 0.348 e. The van der Waals surface area contributed by atoms with Crippen LogP contribution in [0.2, 0.25) is 0 Å². The molecule has 1 aliphatic heterocycles. The fourth-order valence-corrected chi connectivity index (χ4v) is 3.58. The van der Waals surface area contributed by atoms with Crippen molar-refractivity contribution in [3.8, 4) is 0 Å². The van der Waals surface area contributed by atoms with E-state index in [0.717, 1.165) is 24.9 Å². The highest BCUT2D eigenvalue weighted by Gasteiger charge is 2.24. The first-order chi connectivity index (χ1) is 8.10. The van der Waals surface area contributed by atoms with Gasteiger partial charge in [-0.2, -0.15) is 0 Å². The average molecular weight is 253 g/mol. The van der Waals surface area contributed by atoms with Gasteiger partial charge in [-0.1, -0.05) is 13.8 Å². The number of aromatic nitrogens is 1. The second kappa shape index (κ2) is 5.36. The Morgan fingerprint density at radius 1 is 1.41 bits per heavy atom. The van der Waals surface area contributed by atoms with Gasteiger partial charge in [0.15, 0.2) is 5.13 Å². The Morgan fingerprint density at radius 3 is 2.65 bits per heavy atom. The molecule has 0 aromatic carbocycles. The van der Waals surface area contributed by atoms with Gasteiger partial charge in [0.1, 0.15) is 0 Å². The molecule has 4 heteroatoms. The lowest BCUT2D eigenvalue weighted by Crippen LogP contribution is -2.38. The number of hydrogen-bond acceptors (Lipinski definition) is 4. The van der Waals surface area contributed by atoms with Gasteiger partial charge in [-0.3, -0.25) is 0 Å². The highest BCUT2D eigenvalue weighted by atomic mass is 32.1. The molecule has 0 aliphatic carbocycles. The van der Waals surface area contributed by atoms with Crippen LogP contribution in [0.3, 0.4) is 0 Å². The summed E-state index contributed by atoms with van der Waals surface area (Å²) in [6, 6.07) is 0.404. The van der Waals surface area contributed by atoms with Gasteiger partial charge >= 0.3 is 0 Å². The van der Waals surface area contributed by atoms with E-state index in [9.17, 15) is 0 Å². The number of nitrogens with one attached hydrogen (secondary N) is 1. The molecule has 1 aromatic rings. The molecule has 1 aliphatic rings. The molecule has 1 N–H and O–H groups in total. The zero-order valence-electron chi connectivity index (χ0n) is 11.2. The summed E-state index contributed by atoms with van der Waals surface area (Å²) < 4.78 is 0. The molecule has 2 rings (SSSR count). The van der Waals surface area contributed by atoms with Crippen molar-refractivity contribution in [2.45, 2.75) is 33.2 Å². The number of anilines is 1. The monoisotopic (exact) mass is 253 g/mol. The highest BCUT2D eigenvalue weighted by molar-refractivity contribution is 7.15. The Bertz CT molecular complexity index is 353. The van der Waals surface area contributed by atoms with Gasteiger partial charge < -0.3 is 10.2 Å². The maximum Gasteiger partial charge on any atom is 0.185 e. The molecule has 3 unspecified atom stereocenters. The Hall–Kier alpha value is -0.610. The Labute approximate surface area is 108 Å². The summed E-state index contributed by atoms with van der Waals surface area (Å²) in [5.41, 5.74) is 0. The summed E-state index contributed by atoms with van der Waals surface area (Å²) in [6.45, 7) is 9.18. The molecular formula is C13H23N3S. The third-order valence-electron chi connectivity index (χ3n) is 3.51. The van der Waals surface area contributed by atoms with Crippen LogP contribution < -0.4 is 10.2 Å². The predicted octanol–water partition coefficient (Wildman–Crippen LogP) is 2.91. The predicted molar refractivity (Wildman–Crippen MR) is 74.7 cm³/mol. The van der Waals surface area contributed by atoms with Gasteiger partial charge in [-0.05, 0) is 32.2 Å². The lowest BCUT2D eigenvalue weighted by Gasteiger charge is -2.34. The molecule has 0 bridgehead atoms. The molecular weight excluding hydrogens is 230 g/mol. The van der Waals surface area contributed by atoms with Crippen molar-refractivity contribution in [1.29, 1.82) is 0 Å². The number of nitrogens with zero attached hydrogens (tertiary/aromatic N) is 2. The van der Waals surface area contributed by atoms with Crippen LogP contribution in [0.5, 0.6) is 0 Å². The van der Waals surface area contributed by atoms with Crippen molar-refractivity contribution in [3.05, 3.63) is 11.1 Å². The van der Waals surface area contributed by atoms with Gasteiger partial charge in [-0.25, -0.2) is 4.98 Å². The Kier molecular flexibility index (Phi) is 4.05. The maximum atomic E-state index is 4.58. The lowest BCUT2D eigenvalue weighted by atomic mass is 9.92. The van der Waals surface area contributed by atoms with Crippen molar-refractivity contribution in [2.24, 2.45) is 11.8 Å². The topological polar surface area (TPSA) is 28.2 Å². The van der Waals surface area contributed by atoms with Crippen molar-refractivity contribution >= 4 is 16.5 Å². The first kappa shape index (κ1) is 12.8. The van der Waals surface area contributed by atoms with E-state index in [2.05, 4.69) is 36.0 Å². The van der Waals surface area contributed by atoms with Crippen LogP contribution in [0.15, 0.2) is 6.20 Å². The van der Waals surface area contributed by atoms with E-state index in [4.69, 9.17) is 0 Å². The minimum absolute atomic E-state index is 0.404. The van der Waals surface area contributed by atoms with Gasteiger partial charge in [0.25, 0.3) is 0 Å². The molecule has 17 heavy (non-hydrogen) atoms. The van der Waals surface area contributed by atoms with Crippen LogP contribution in [-0.2, 0) is 0 Å². The fraction of sp³-hybridized carbons (Fsp3) is 0.769. The molecule has 0 spiro atoms. The Morgan fingerprint density at radius 2 is 2.06 bits per heavy atom. The molecule has 3 atom stereocenters. The van der Waals surface area contributed by atoms with Crippen LogP contribution in [0, 0.1) is 11.8 Å². The lowest BCUT2D eigenvalue weighted by molar-refractivity contribution is 0.356. The van der Waals surface area contributed by atoms with Crippen LogP contribution >= 0.6 is 11.3 Å². The third kappa shape index (κ3) is 2.99. The summed E-state index contributed by atoms with van der Waals surface area (Å²) >= 11 is 1.83. The summed E-state index contributed by atoms with van der Waals surface area (Å²) in [5.74, 6) is 1.57. The molecule has 3 nitrogen and oxygen atoms in total. The van der Waals surface area contributed by atoms with E-state index in [0.29, 0.717) is 6.04 Å². The standard InChI is InChI=1S/C13H23N3S/c1-9-5-10(2)8-16(7-9)13-15-6-12(17-13)11(3)14-4/h6,9-11,14H,5,7-8H2,1-4H3. The molecule has 1 saturated heterocycles. The highest BCUT2D eigenvalue weighted by Crippen LogP contribution is 2.31. The number of piperidine rings is 1. The van der Waals surface area contributed by atoms with Gasteiger partial charge in [0.2, 0.25) is 0 Å². The number of hydrogen-bond donors (Lipinski definition) is 1. The van der Waals surface area contributed by atoms with Crippen molar-refractivity contribution < 1.29 is 0 Å². The average Bonchev–Trinajstić information content (AvgIpc) is 2.76. The quantitative estimate of drug-likeness (QED) is 0.898. The van der Waals surface area contributed by atoms with E-state index in [1.165, 1.54) is 16.4 Å². The summed E-state index contributed by atoms with van der Waals surface area (Å²) in [5, 5.41) is 4.46. The summed E-state index contributed by atoms with van der Waals surface area (Å²) in [6.07, 6.45) is 3.37. The van der Waals surface area contributed by atoms with Crippen molar-refractivity contribution in [1.82, 2.24) is 10.3 Å². The zero-order valence-corrected chi connectivity index (χ0v) is 12.0. The van der Waals surface area contributed by atoms with Crippen LogP contribution in [-0.4, -0.2) is 25.1 Å². The minimum Gasteiger partial charge on any atom is -0.348 e. The molecule has 1 fully saturated rings. The number of thiazole rings is 1. The van der Waals surface area contributed by atoms with E-state index in [-0.39, 0.29) is 0 Å². The van der Waals surface area contributed by atoms with E-state index < -0.39 is 0 Å². The molecule has 0 amide bonds. The molecule has 1 aromatic heterocycles. The molecule has 0 saturated carbocycles. The SMILES string of the molecule is CNC(C)c1cnc(N2CC(C)CC(C)C2)s1. The van der Waals surface area contributed by atoms with Gasteiger partial charge in [-0.15, -0.1) is 11.3 Å². The second-order valence-electron chi connectivity index (χ2n) is 5.41. The first-order valence-electron chi connectivity index (χ1n) is 6.48. The van der Waals surface area contributed by atoms with Gasteiger partial charge in [0.05, 0.1) is 0 Å².